The number of carbonyl (C=O) groups is 1. The first kappa shape index (κ1) is 10.6. The van der Waals surface area contributed by atoms with Crippen molar-refractivity contribution in [3.8, 4) is 0 Å². The molecule has 0 fully saturated rings. The van der Waals surface area contributed by atoms with E-state index in [2.05, 4.69) is 5.32 Å². The monoisotopic (exact) mass is 193 g/mol. The first-order chi connectivity index (χ1) is 6.49. The van der Waals surface area contributed by atoms with Gasteiger partial charge in [-0.15, -0.1) is 0 Å². The van der Waals surface area contributed by atoms with Gasteiger partial charge in [-0.05, 0) is 32.9 Å². The Bertz CT molecular complexity index is 318. The Kier molecular flexibility index (Phi) is 3.12. The van der Waals surface area contributed by atoms with Gasteiger partial charge in [-0.1, -0.05) is 0 Å². The Morgan fingerprint density at radius 1 is 1.50 bits per heavy atom. The molecular weight excluding hydrogens is 178 g/mol. The van der Waals surface area contributed by atoms with Crippen molar-refractivity contribution < 1.29 is 9.21 Å². The quantitative estimate of drug-likeness (QED) is 0.592. The molecule has 1 aromatic heterocycles. The second kappa shape index (κ2) is 4.13. The number of hydrogen-bond donors (Lipinski definition) is 1. The summed E-state index contributed by atoms with van der Waals surface area (Å²) in [6, 6.07) is 3.34. The number of hydrogen-bond acceptors (Lipinski definition) is 3. The lowest BCUT2D eigenvalue weighted by atomic mass is 10.1. The van der Waals surface area contributed by atoms with Crippen LogP contribution in [-0.4, -0.2) is 11.3 Å². The molecule has 3 nitrogen and oxygen atoms in total. The largest absolute Gasteiger partial charge is 0.461 e. The highest BCUT2D eigenvalue weighted by Gasteiger charge is 2.06. The number of ketones is 1. The van der Waals surface area contributed by atoms with Crippen LogP contribution >= 0.6 is 0 Å². The van der Waals surface area contributed by atoms with E-state index in [1.807, 2.05) is 20.8 Å². The van der Waals surface area contributed by atoms with Crippen molar-refractivity contribution in [2.45, 2.75) is 26.3 Å². The Labute approximate surface area is 83.8 Å². The van der Waals surface area contributed by atoms with Crippen LogP contribution in [0.3, 0.4) is 0 Å². The smallest absolute Gasteiger partial charge is 0.222 e. The van der Waals surface area contributed by atoms with Crippen molar-refractivity contribution in [3.05, 3.63) is 36.4 Å². The van der Waals surface area contributed by atoms with E-state index < -0.39 is 0 Å². The Morgan fingerprint density at radius 2 is 2.21 bits per heavy atom. The molecule has 0 atom stereocenters. The van der Waals surface area contributed by atoms with E-state index in [9.17, 15) is 4.79 Å². The van der Waals surface area contributed by atoms with Crippen LogP contribution in [-0.2, 0) is 0 Å². The maximum Gasteiger partial charge on any atom is 0.222 e. The van der Waals surface area contributed by atoms with Gasteiger partial charge in [-0.2, -0.15) is 0 Å². The predicted molar refractivity (Wildman–Crippen MR) is 55.1 cm³/mol. The SMILES string of the molecule is CC(C)(C)N/C=C/C(=O)c1ccco1. The van der Waals surface area contributed by atoms with E-state index in [-0.39, 0.29) is 11.3 Å². The topological polar surface area (TPSA) is 42.2 Å². The van der Waals surface area contributed by atoms with Gasteiger partial charge in [-0.25, -0.2) is 0 Å². The summed E-state index contributed by atoms with van der Waals surface area (Å²) in [5, 5.41) is 3.07. The minimum atomic E-state index is -0.133. The number of nitrogens with one attached hydrogen (secondary N) is 1. The fourth-order valence-corrected chi connectivity index (χ4v) is 0.868. The van der Waals surface area contributed by atoms with Crippen LogP contribution in [0, 0.1) is 0 Å². The summed E-state index contributed by atoms with van der Waals surface area (Å²) in [6.45, 7) is 6.07. The highest BCUT2D eigenvalue weighted by atomic mass is 16.3. The molecule has 0 saturated carbocycles. The van der Waals surface area contributed by atoms with Crippen molar-refractivity contribution in [2.75, 3.05) is 0 Å². The van der Waals surface area contributed by atoms with Gasteiger partial charge in [0.2, 0.25) is 5.78 Å². The van der Waals surface area contributed by atoms with Crippen molar-refractivity contribution in [3.63, 3.8) is 0 Å². The van der Waals surface area contributed by atoms with Crippen LogP contribution in [0.1, 0.15) is 31.3 Å². The molecule has 0 saturated heterocycles. The van der Waals surface area contributed by atoms with E-state index in [0.717, 1.165) is 0 Å². The van der Waals surface area contributed by atoms with Crippen molar-refractivity contribution >= 4 is 5.78 Å². The van der Waals surface area contributed by atoms with Crippen molar-refractivity contribution in [1.29, 1.82) is 0 Å². The molecule has 0 bridgehead atoms. The Hall–Kier alpha value is -1.51. The molecule has 3 heteroatoms. The maximum absolute atomic E-state index is 11.4. The average Bonchev–Trinajstić information content (AvgIpc) is 2.53. The third-order valence-corrected chi connectivity index (χ3v) is 1.52. The summed E-state index contributed by atoms with van der Waals surface area (Å²) in [4.78, 5) is 11.4. The lowest BCUT2D eigenvalue weighted by Crippen LogP contribution is -2.31. The molecule has 0 amide bonds. The van der Waals surface area contributed by atoms with Crippen molar-refractivity contribution in [2.24, 2.45) is 0 Å². The van der Waals surface area contributed by atoms with Crippen LogP contribution < -0.4 is 5.32 Å². The van der Waals surface area contributed by atoms with Crippen LogP contribution in [0.25, 0.3) is 0 Å². The summed E-state index contributed by atoms with van der Waals surface area (Å²) in [5.74, 6) is 0.226. The molecule has 14 heavy (non-hydrogen) atoms. The minimum Gasteiger partial charge on any atom is -0.461 e. The fourth-order valence-electron chi connectivity index (χ4n) is 0.868. The first-order valence-electron chi connectivity index (χ1n) is 4.51. The van der Waals surface area contributed by atoms with E-state index in [1.165, 1.54) is 12.3 Å². The zero-order valence-electron chi connectivity index (χ0n) is 8.70. The molecule has 1 heterocycles. The summed E-state index contributed by atoms with van der Waals surface area (Å²) in [6.07, 6.45) is 4.59. The third-order valence-electron chi connectivity index (χ3n) is 1.52. The maximum atomic E-state index is 11.4. The van der Waals surface area contributed by atoms with Gasteiger partial charge in [0.05, 0.1) is 6.26 Å². The molecular formula is C11H15NO2. The number of allylic oxidation sites excluding steroid dienone is 1. The predicted octanol–water partition coefficient (Wildman–Crippen LogP) is 2.36. The molecule has 0 spiro atoms. The Balaban J connectivity index is 2.50. The van der Waals surface area contributed by atoms with E-state index in [0.29, 0.717) is 5.76 Å². The van der Waals surface area contributed by atoms with Crippen LogP contribution in [0.2, 0.25) is 0 Å². The summed E-state index contributed by atoms with van der Waals surface area (Å²) in [5.41, 5.74) is -0.0278. The lowest BCUT2D eigenvalue weighted by Gasteiger charge is -2.18. The molecule has 0 aliphatic carbocycles. The minimum absolute atomic E-state index is 0.0278. The van der Waals surface area contributed by atoms with Crippen LogP contribution in [0.15, 0.2) is 35.1 Å². The van der Waals surface area contributed by atoms with Crippen LogP contribution in [0.4, 0.5) is 0 Å². The van der Waals surface area contributed by atoms with Gasteiger partial charge in [0.15, 0.2) is 5.76 Å². The van der Waals surface area contributed by atoms with Crippen LogP contribution in [0.5, 0.6) is 0 Å². The molecule has 0 aliphatic rings. The molecule has 1 aromatic rings. The molecule has 0 radical (unpaired) electrons. The van der Waals surface area contributed by atoms with Gasteiger partial charge < -0.3 is 9.73 Å². The third kappa shape index (κ3) is 3.47. The molecule has 0 aromatic carbocycles. The summed E-state index contributed by atoms with van der Waals surface area (Å²) >= 11 is 0. The van der Waals surface area contributed by atoms with E-state index in [4.69, 9.17) is 4.42 Å². The van der Waals surface area contributed by atoms with Crippen molar-refractivity contribution in [1.82, 2.24) is 5.32 Å². The summed E-state index contributed by atoms with van der Waals surface area (Å²) in [7, 11) is 0. The van der Waals surface area contributed by atoms with Gasteiger partial charge in [0, 0.05) is 17.8 Å². The number of carbonyl (C=O) groups excluding carboxylic acids is 1. The second-order valence-corrected chi connectivity index (χ2v) is 4.07. The molecule has 0 aliphatic heterocycles. The number of rotatable bonds is 3. The molecule has 76 valence electrons. The lowest BCUT2D eigenvalue weighted by molar-refractivity contribution is 0.102. The average molecular weight is 193 g/mol. The zero-order chi connectivity index (χ0) is 10.6. The zero-order valence-corrected chi connectivity index (χ0v) is 8.70. The highest BCUT2D eigenvalue weighted by Crippen LogP contribution is 2.02. The molecule has 1 rings (SSSR count). The highest BCUT2D eigenvalue weighted by molar-refractivity contribution is 6.02. The standard InChI is InChI=1S/C11H15NO2/c1-11(2,3)12-7-6-9(13)10-5-4-8-14-10/h4-8,12H,1-3H3/b7-6+. The second-order valence-electron chi connectivity index (χ2n) is 4.07. The van der Waals surface area contributed by atoms with Gasteiger partial charge in [0.1, 0.15) is 0 Å². The van der Waals surface area contributed by atoms with E-state index in [1.54, 1.807) is 18.3 Å². The van der Waals surface area contributed by atoms with Gasteiger partial charge >= 0.3 is 0 Å². The normalized spacial score (nSPS) is 11.9. The summed E-state index contributed by atoms with van der Waals surface area (Å²) < 4.78 is 4.95. The molecule has 1 N–H and O–H groups in total. The van der Waals surface area contributed by atoms with Gasteiger partial charge in [-0.3, -0.25) is 4.79 Å². The number of furan rings is 1. The van der Waals surface area contributed by atoms with Gasteiger partial charge in [0.25, 0.3) is 0 Å². The van der Waals surface area contributed by atoms with E-state index >= 15 is 0 Å². The Morgan fingerprint density at radius 3 is 2.71 bits per heavy atom. The first-order valence-corrected chi connectivity index (χ1v) is 4.51. The fraction of sp³-hybridized carbons (Fsp3) is 0.364. The molecule has 0 unspecified atom stereocenters.